The highest BCUT2D eigenvalue weighted by Crippen LogP contribution is 2.42. The molecule has 0 aromatic carbocycles. The van der Waals surface area contributed by atoms with E-state index in [0.717, 1.165) is 48.5 Å². The average Bonchev–Trinajstić information content (AvgIpc) is 2.85. The van der Waals surface area contributed by atoms with Crippen LogP contribution in [-0.2, 0) is 0 Å². The Hall–Kier alpha value is -3.36. The van der Waals surface area contributed by atoms with Crippen molar-refractivity contribution in [1.29, 1.82) is 0 Å². The van der Waals surface area contributed by atoms with Gasteiger partial charge in [0, 0.05) is 55.7 Å². The summed E-state index contributed by atoms with van der Waals surface area (Å²) in [6.45, 7) is 3.73. The summed E-state index contributed by atoms with van der Waals surface area (Å²) in [5.41, 5.74) is 3.07. The number of rotatable bonds is 5. The molecule has 2 aliphatic rings. The molecule has 1 aliphatic carbocycles. The molecule has 172 valence electrons. The molecule has 34 heavy (non-hydrogen) atoms. The third-order valence-corrected chi connectivity index (χ3v) is 6.80. The van der Waals surface area contributed by atoms with Gasteiger partial charge in [0.25, 0.3) is 0 Å². The number of anilines is 3. The number of pyridine rings is 3. The standard InChI is InChI=1S/C25H25ClN8/c26-18-4-5-21(30-13-18)32-22-12-17(6-7-29-22)24-31-20-15-28-14-19(16-2-1-3-16)23(20)25(33-24)34-10-8-27-9-11-34/h4-7,12-16,27H,1-3,8-11H2,(H,29,30,32). The number of fused-ring (bicyclic) bond motifs is 1. The van der Waals surface area contributed by atoms with Crippen molar-refractivity contribution in [2.45, 2.75) is 25.2 Å². The Morgan fingerprint density at radius 3 is 2.62 bits per heavy atom. The Kier molecular flexibility index (Phi) is 5.68. The largest absolute Gasteiger partial charge is 0.353 e. The van der Waals surface area contributed by atoms with Crippen molar-refractivity contribution in [3.05, 3.63) is 59.6 Å². The lowest BCUT2D eigenvalue weighted by Crippen LogP contribution is -2.44. The summed E-state index contributed by atoms with van der Waals surface area (Å²) >= 11 is 5.95. The van der Waals surface area contributed by atoms with Crippen molar-refractivity contribution in [2.24, 2.45) is 0 Å². The maximum Gasteiger partial charge on any atom is 0.162 e. The van der Waals surface area contributed by atoms with Gasteiger partial charge in [0.15, 0.2) is 5.82 Å². The van der Waals surface area contributed by atoms with Gasteiger partial charge in [-0.25, -0.2) is 19.9 Å². The smallest absolute Gasteiger partial charge is 0.162 e. The Bertz CT molecular complexity index is 1320. The Morgan fingerprint density at radius 2 is 1.85 bits per heavy atom. The number of hydrogen-bond acceptors (Lipinski definition) is 8. The van der Waals surface area contributed by atoms with E-state index in [0.29, 0.717) is 28.4 Å². The van der Waals surface area contributed by atoms with E-state index in [2.05, 4.69) is 30.5 Å². The SMILES string of the molecule is Clc1ccc(Nc2cc(-c3nc(N4CCNCC4)c4c(C5CCC5)cncc4n3)ccn2)nc1. The molecule has 1 saturated heterocycles. The fourth-order valence-electron chi connectivity index (χ4n) is 4.57. The lowest BCUT2D eigenvalue weighted by atomic mass is 9.79. The van der Waals surface area contributed by atoms with Crippen molar-refractivity contribution >= 4 is 40.0 Å². The van der Waals surface area contributed by atoms with Crippen molar-refractivity contribution in [2.75, 3.05) is 36.4 Å². The van der Waals surface area contributed by atoms with Gasteiger partial charge in [-0.1, -0.05) is 18.0 Å². The predicted molar refractivity (Wildman–Crippen MR) is 135 cm³/mol. The van der Waals surface area contributed by atoms with E-state index in [1.54, 1.807) is 18.5 Å². The molecular weight excluding hydrogens is 448 g/mol. The topological polar surface area (TPSA) is 91.8 Å². The van der Waals surface area contributed by atoms with Crippen molar-refractivity contribution in [3.63, 3.8) is 0 Å². The molecule has 8 nitrogen and oxygen atoms in total. The highest BCUT2D eigenvalue weighted by atomic mass is 35.5. The molecule has 0 unspecified atom stereocenters. The van der Waals surface area contributed by atoms with Crippen LogP contribution in [0.2, 0.25) is 5.02 Å². The van der Waals surface area contributed by atoms with Crippen molar-refractivity contribution in [3.8, 4) is 11.4 Å². The molecule has 0 atom stereocenters. The molecule has 2 fully saturated rings. The minimum absolute atomic E-state index is 0.552. The first-order chi connectivity index (χ1) is 16.7. The average molecular weight is 473 g/mol. The summed E-state index contributed by atoms with van der Waals surface area (Å²) in [5.74, 6) is 3.57. The second kappa shape index (κ2) is 9.12. The molecule has 6 rings (SSSR count). The third kappa shape index (κ3) is 4.15. The van der Waals surface area contributed by atoms with Crippen LogP contribution in [0.3, 0.4) is 0 Å². The van der Waals surface area contributed by atoms with Gasteiger partial charge in [-0.15, -0.1) is 0 Å². The molecule has 0 bridgehead atoms. The molecule has 9 heteroatoms. The molecule has 4 aromatic rings. The van der Waals surface area contributed by atoms with Gasteiger partial charge >= 0.3 is 0 Å². The van der Waals surface area contributed by atoms with Gasteiger partial charge in [-0.05, 0) is 48.6 Å². The monoisotopic (exact) mass is 472 g/mol. The van der Waals surface area contributed by atoms with E-state index in [1.807, 2.05) is 30.6 Å². The molecule has 2 N–H and O–H groups in total. The molecule has 0 spiro atoms. The van der Waals surface area contributed by atoms with Crippen molar-refractivity contribution < 1.29 is 0 Å². The van der Waals surface area contributed by atoms with Crippen LogP contribution in [0.1, 0.15) is 30.7 Å². The Labute approximate surface area is 202 Å². The second-order valence-corrected chi connectivity index (χ2v) is 9.21. The van der Waals surface area contributed by atoms with Gasteiger partial charge in [0.2, 0.25) is 0 Å². The molecule has 4 aromatic heterocycles. The zero-order chi connectivity index (χ0) is 22.9. The maximum atomic E-state index is 5.95. The summed E-state index contributed by atoms with van der Waals surface area (Å²) in [6, 6.07) is 7.49. The van der Waals surface area contributed by atoms with Crippen LogP contribution in [0.4, 0.5) is 17.5 Å². The number of aromatic nitrogens is 5. The van der Waals surface area contributed by atoms with Gasteiger partial charge in [-0.2, -0.15) is 0 Å². The number of nitrogens with one attached hydrogen (secondary N) is 2. The van der Waals surface area contributed by atoms with Crippen LogP contribution < -0.4 is 15.5 Å². The number of nitrogens with zero attached hydrogens (tertiary/aromatic N) is 6. The number of piperazine rings is 1. The van der Waals surface area contributed by atoms with E-state index < -0.39 is 0 Å². The number of halogens is 1. The summed E-state index contributed by atoms with van der Waals surface area (Å²) in [5, 5.41) is 8.42. The molecule has 5 heterocycles. The summed E-state index contributed by atoms with van der Waals surface area (Å²) in [4.78, 5) is 25.8. The van der Waals surface area contributed by atoms with Crippen LogP contribution in [0, 0.1) is 0 Å². The van der Waals surface area contributed by atoms with E-state index in [-0.39, 0.29) is 0 Å². The van der Waals surface area contributed by atoms with E-state index in [1.165, 1.54) is 24.8 Å². The first kappa shape index (κ1) is 21.2. The van der Waals surface area contributed by atoms with Crippen LogP contribution in [-0.4, -0.2) is 51.1 Å². The zero-order valence-electron chi connectivity index (χ0n) is 18.7. The third-order valence-electron chi connectivity index (χ3n) is 6.58. The molecule has 0 radical (unpaired) electrons. The fraction of sp³-hybridized carbons (Fsp3) is 0.320. The van der Waals surface area contributed by atoms with Crippen LogP contribution in [0.25, 0.3) is 22.3 Å². The minimum Gasteiger partial charge on any atom is -0.353 e. The Morgan fingerprint density at radius 1 is 0.971 bits per heavy atom. The van der Waals surface area contributed by atoms with Crippen molar-refractivity contribution in [1.82, 2.24) is 30.2 Å². The molecule has 1 saturated carbocycles. The summed E-state index contributed by atoms with van der Waals surface area (Å²) in [7, 11) is 0. The van der Waals surface area contributed by atoms with E-state index in [4.69, 9.17) is 21.6 Å². The quantitative estimate of drug-likeness (QED) is 0.437. The first-order valence-corrected chi connectivity index (χ1v) is 12.1. The summed E-state index contributed by atoms with van der Waals surface area (Å²) in [6.07, 6.45) is 10.9. The zero-order valence-corrected chi connectivity index (χ0v) is 19.5. The Balaban J connectivity index is 1.43. The van der Waals surface area contributed by atoms with Crippen LogP contribution in [0.5, 0.6) is 0 Å². The highest BCUT2D eigenvalue weighted by Gasteiger charge is 2.26. The van der Waals surface area contributed by atoms with Crippen LogP contribution >= 0.6 is 11.6 Å². The lowest BCUT2D eigenvalue weighted by Gasteiger charge is -2.32. The van der Waals surface area contributed by atoms with E-state index in [9.17, 15) is 0 Å². The number of hydrogen-bond donors (Lipinski definition) is 2. The van der Waals surface area contributed by atoms with Gasteiger partial charge < -0.3 is 15.5 Å². The van der Waals surface area contributed by atoms with Crippen LogP contribution in [0.15, 0.2) is 49.1 Å². The molecular formula is C25H25ClN8. The molecule has 0 amide bonds. The molecule has 1 aliphatic heterocycles. The first-order valence-electron chi connectivity index (χ1n) is 11.7. The second-order valence-electron chi connectivity index (χ2n) is 8.77. The fourth-order valence-corrected chi connectivity index (χ4v) is 4.68. The highest BCUT2D eigenvalue weighted by molar-refractivity contribution is 6.30. The van der Waals surface area contributed by atoms with Gasteiger partial charge in [0.1, 0.15) is 17.5 Å². The maximum absolute atomic E-state index is 5.95. The lowest BCUT2D eigenvalue weighted by molar-refractivity contribution is 0.421. The normalized spacial score (nSPS) is 16.4. The summed E-state index contributed by atoms with van der Waals surface area (Å²) < 4.78 is 0. The van der Waals surface area contributed by atoms with Gasteiger partial charge in [-0.3, -0.25) is 4.98 Å². The van der Waals surface area contributed by atoms with E-state index >= 15 is 0 Å². The minimum atomic E-state index is 0.552. The van der Waals surface area contributed by atoms with Gasteiger partial charge in [0.05, 0.1) is 16.7 Å². The predicted octanol–water partition coefficient (Wildman–Crippen LogP) is 4.56.